The molecule has 1 saturated heterocycles. The predicted octanol–water partition coefficient (Wildman–Crippen LogP) is 9.38. The van der Waals surface area contributed by atoms with Crippen LogP contribution >= 0.6 is 11.8 Å². The van der Waals surface area contributed by atoms with E-state index in [1.165, 1.54) is 5.39 Å². The van der Waals surface area contributed by atoms with Gasteiger partial charge in [0.05, 0.1) is 32.0 Å². The fourth-order valence-corrected chi connectivity index (χ4v) is 7.47. The lowest BCUT2D eigenvalue weighted by atomic mass is 9.98. The number of hydrogen-bond donors (Lipinski definition) is 0. The molecule has 51 heavy (non-hydrogen) atoms. The zero-order chi connectivity index (χ0) is 34.8. The second kappa shape index (κ2) is 17.1. The molecule has 5 atom stereocenters. The van der Waals surface area contributed by atoms with Crippen LogP contribution in [0.15, 0.2) is 146 Å². The molecule has 7 rings (SSSR count). The lowest BCUT2D eigenvalue weighted by Gasteiger charge is -2.45. The zero-order valence-corrected chi connectivity index (χ0v) is 29.5. The predicted molar refractivity (Wildman–Crippen MR) is 204 cm³/mol. The Morgan fingerprint density at radius 2 is 1.14 bits per heavy atom. The molecule has 1 aliphatic heterocycles. The van der Waals surface area contributed by atoms with Crippen molar-refractivity contribution in [2.45, 2.75) is 56.6 Å². The van der Waals surface area contributed by atoms with E-state index in [1.807, 2.05) is 72.8 Å². The maximum absolute atomic E-state index is 13.7. The Kier molecular flexibility index (Phi) is 11.7. The molecule has 6 aromatic rings. The van der Waals surface area contributed by atoms with Crippen LogP contribution in [0.3, 0.4) is 0 Å². The molecule has 0 spiro atoms. The van der Waals surface area contributed by atoms with Crippen molar-refractivity contribution in [3.63, 3.8) is 0 Å². The first-order valence-electron chi connectivity index (χ1n) is 17.5. The highest BCUT2D eigenvalue weighted by Crippen LogP contribution is 2.36. The van der Waals surface area contributed by atoms with Gasteiger partial charge < -0.3 is 23.7 Å². The highest BCUT2D eigenvalue weighted by atomic mass is 32.2. The molecule has 0 aliphatic carbocycles. The highest BCUT2D eigenvalue weighted by Gasteiger charge is 2.50. The first-order chi connectivity index (χ1) is 25.1. The Morgan fingerprint density at radius 1 is 0.588 bits per heavy atom. The second-order valence-corrected chi connectivity index (χ2v) is 14.0. The number of esters is 1. The molecule has 0 radical (unpaired) electrons. The average molecular weight is 699 g/mol. The largest absolute Gasteiger partial charge is 0.453 e. The molecule has 1 fully saturated rings. The molecule has 0 bridgehead atoms. The fourth-order valence-electron chi connectivity index (χ4n) is 6.49. The van der Waals surface area contributed by atoms with E-state index in [-0.39, 0.29) is 6.61 Å². The number of ether oxygens (including phenoxy) is 5. The number of carbonyl (C=O) groups excluding carboxylic acids is 1. The van der Waals surface area contributed by atoms with Crippen molar-refractivity contribution in [3.05, 3.63) is 168 Å². The maximum atomic E-state index is 13.7. The maximum Gasteiger partial charge on any atom is 0.338 e. The van der Waals surface area contributed by atoms with Gasteiger partial charge >= 0.3 is 5.97 Å². The molecule has 260 valence electrons. The summed E-state index contributed by atoms with van der Waals surface area (Å²) in [4.78, 5) is 13.7. The lowest BCUT2D eigenvalue weighted by Crippen LogP contribution is -2.60. The number of hydrogen-bond acceptors (Lipinski definition) is 7. The van der Waals surface area contributed by atoms with Gasteiger partial charge in [-0.3, -0.25) is 0 Å². The zero-order valence-electron chi connectivity index (χ0n) is 28.6. The van der Waals surface area contributed by atoms with Gasteiger partial charge in [-0.05, 0) is 68.3 Å². The molecule has 1 aliphatic rings. The summed E-state index contributed by atoms with van der Waals surface area (Å²) in [7, 11) is 0. The van der Waals surface area contributed by atoms with Crippen LogP contribution in [0.25, 0.3) is 21.5 Å². The summed E-state index contributed by atoms with van der Waals surface area (Å²) < 4.78 is 33.0. The molecule has 7 heteroatoms. The third-order valence-electron chi connectivity index (χ3n) is 9.08. The van der Waals surface area contributed by atoms with E-state index in [1.54, 1.807) is 23.9 Å². The molecule has 0 amide bonds. The highest BCUT2D eigenvalue weighted by molar-refractivity contribution is 7.99. The van der Waals surface area contributed by atoms with Crippen LogP contribution in [0.1, 0.15) is 34.0 Å². The standard InChI is InChI=1S/C44H42O6S/c1-2-51-44-42(48-29-33-22-24-35-16-10-12-20-38(35)26-33)41(47-28-32-21-23-34-15-9-11-19-37(34)25-32)40(50-43(45)36-17-7-4-8-18-36)39(49-44)30-46-27-31-13-5-3-6-14-31/h3-26,39-42,44H,2,27-30H2,1H3/t39-,40+,41+,42-,44+/m1/s1. The van der Waals surface area contributed by atoms with Crippen LogP contribution in [0.5, 0.6) is 0 Å². The quantitative estimate of drug-likeness (QED) is 0.105. The van der Waals surface area contributed by atoms with Crippen LogP contribution in [0.4, 0.5) is 0 Å². The van der Waals surface area contributed by atoms with E-state index >= 15 is 0 Å². The van der Waals surface area contributed by atoms with Gasteiger partial charge in [0.2, 0.25) is 0 Å². The Hall–Kier alpha value is -4.50. The number of thioether (sulfide) groups is 1. The molecule has 0 aromatic heterocycles. The summed E-state index contributed by atoms with van der Waals surface area (Å²) in [5, 5.41) is 4.61. The van der Waals surface area contributed by atoms with Crippen LogP contribution in [0, 0.1) is 0 Å². The minimum Gasteiger partial charge on any atom is -0.453 e. The second-order valence-electron chi connectivity index (χ2n) is 12.6. The molecule has 1 heterocycles. The van der Waals surface area contributed by atoms with Crippen molar-refractivity contribution >= 4 is 39.3 Å². The third-order valence-corrected chi connectivity index (χ3v) is 10.1. The monoisotopic (exact) mass is 698 g/mol. The molecule has 6 nitrogen and oxygen atoms in total. The lowest BCUT2D eigenvalue weighted by molar-refractivity contribution is -0.240. The summed E-state index contributed by atoms with van der Waals surface area (Å²) in [6.07, 6.45) is -2.63. The minimum atomic E-state index is -0.816. The fraction of sp³-hybridized carbons (Fsp3) is 0.250. The van der Waals surface area contributed by atoms with Crippen LogP contribution in [-0.4, -0.2) is 48.2 Å². The Bertz CT molecular complexity index is 2020. The Labute approximate surface area is 303 Å². The SMILES string of the molecule is CCS[C@@H]1O[C@H](COCc2ccccc2)[C@H](OC(=O)c2ccccc2)[C@H](OCc2ccc3ccccc3c2)[C@H]1OCc1ccc2ccccc2c1. The van der Waals surface area contributed by atoms with Gasteiger partial charge in [0.25, 0.3) is 0 Å². The summed E-state index contributed by atoms with van der Waals surface area (Å²) >= 11 is 1.65. The van der Waals surface area contributed by atoms with Gasteiger partial charge in [0.1, 0.15) is 23.7 Å². The van der Waals surface area contributed by atoms with Crippen molar-refractivity contribution in [2.24, 2.45) is 0 Å². The first-order valence-corrected chi connectivity index (χ1v) is 18.5. The summed E-state index contributed by atoms with van der Waals surface area (Å²) in [6.45, 7) is 3.34. The Morgan fingerprint density at radius 3 is 1.75 bits per heavy atom. The van der Waals surface area contributed by atoms with Gasteiger partial charge in [-0.25, -0.2) is 4.79 Å². The van der Waals surface area contributed by atoms with Gasteiger partial charge in [0.15, 0.2) is 6.10 Å². The smallest absolute Gasteiger partial charge is 0.338 e. The van der Waals surface area contributed by atoms with Crippen LogP contribution < -0.4 is 0 Å². The normalized spacial score (nSPS) is 20.4. The topological polar surface area (TPSA) is 63.2 Å². The van der Waals surface area contributed by atoms with Gasteiger partial charge in [-0.2, -0.15) is 0 Å². The molecule has 0 saturated carbocycles. The summed E-state index contributed by atoms with van der Waals surface area (Å²) in [6, 6.07) is 48.3. The van der Waals surface area contributed by atoms with Crippen molar-refractivity contribution < 1.29 is 28.5 Å². The van der Waals surface area contributed by atoms with E-state index in [2.05, 4.69) is 67.6 Å². The van der Waals surface area contributed by atoms with Gasteiger partial charge in [0, 0.05) is 0 Å². The van der Waals surface area contributed by atoms with Crippen molar-refractivity contribution in [1.82, 2.24) is 0 Å². The first kappa shape index (κ1) is 34.9. The van der Waals surface area contributed by atoms with E-state index in [4.69, 9.17) is 23.7 Å². The summed E-state index contributed by atoms with van der Waals surface area (Å²) in [5.74, 6) is 0.343. The number of fused-ring (bicyclic) bond motifs is 2. The molecule has 0 unspecified atom stereocenters. The van der Waals surface area contributed by atoms with E-state index in [0.29, 0.717) is 25.4 Å². The van der Waals surface area contributed by atoms with E-state index in [0.717, 1.165) is 38.6 Å². The van der Waals surface area contributed by atoms with Crippen molar-refractivity contribution in [1.29, 1.82) is 0 Å². The van der Waals surface area contributed by atoms with E-state index < -0.39 is 35.8 Å². The van der Waals surface area contributed by atoms with E-state index in [9.17, 15) is 4.79 Å². The van der Waals surface area contributed by atoms with Crippen molar-refractivity contribution in [2.75, 3.05) is 12.4 Å². The summed E-state index contributed by atoms with van der Waals surface area (Å²) in [5.41, 5.74) is 3.15. The number of rotatable bonds is 14. The van der Waals surface area contributed by atoms with Gasteiger partial charge in [-0.15, -0.1) is 11.8 Å². The molecular formula is C44H42O6S. The molecular weight excluding hydrogens is 657 g/mol. The van der Waals surface area contributed by atoms with Crippen LogP contribution in [-0.2, 0) is 43.5 Å². The van der Waals surface area contributed by atoms with Crippen molar-refractivity contribution in [3.8, 4) is 0 Å². The average Bonchev–Trinajstić information content (AvgIpc) is 3.18. The number of carbonyl (C=O) groups is 1. The molecule has 6 aromatic carbocycles. The Balaban J connectivity index is 1.20. The third kappa shape index (κ3) is 8.87. The van der Waals surface area contributed by atoms with Crippen LogP contribution in [0.2, 0.25) is 0 Å². The molecule has 0 N–H and O–H groups in total. The minimum absolute atomic E-state index is 0.204. The van der Waals surface area contributed by atoms with Gasteiger partial charge in [-0.1, -0.05) is 128 Å². The number of benzene rings is 6.